The maximum Gasteiger partial charge on any atom is 0.407 e. The number of benzene rings is 1. The highest BCUT2D eigenvalue weighted by molar-refractivity contribution is 5.98. The van der Waals surface area contributed by atoms with Gasteiger partial charge >= 0.3 is 6.09 Å². The summed E-state index contributed by atoms with van der Waals surface area (Å²) in [6.45, 7) is 7.11. The number of nitrogens with two attached hydrogens (primary N) is 1. The molecule has 3 N–H and O–H groups in total. The molecule has 24 heavy (non-hydrogen) atoms. The number of fused-ring (bicyclic) bond motifs is 1. The molecular formula is C17H25N5O2. The predicted octanol–water partition coefficient (Wildman–Crippen LogP) is 2.26. The molecule has 7 heteroatoms. The van der Waals surface area contributed by atoms with Gasteiger partial charge in [0.1, 0.15) is 5.60 Å². The number of aryl methyl sites for hydroxylation is 1. The summed E-state index contributed by atoms with van der Waals surface area (Å²) in [6, 6.07) is 3.87. The van der Waals surface area contributed by atoms with Crippen LogP contribution in [0.1, 0.15) is 27.2 Å². The van der Waals surface area contributed by atoms with E-state index in [4.69, 9.17) is 10.5 Å². The van der Waals surface area contributed by atoms with Crippen LogP contribution in [0, 0.1) is 0 Å². The number of amides is 1. The Labute approximate surface area is 141 Å². The van der Waals surface area contributed by atoms with Crippen molar-refractivity contribution in [2.45, 2.75) is 38.8 Å². The van der Waals surface area contributed by atoms with Crippen molar-refractivity contribution in [3.8, 4) is 0 Å². The average molecular weight is 331 g/mol. The quantitative estimate of drug-likeness (QED) is 0.825. The predicted molar refractivity (Wildman–Crippen MR) is 95.1 cm³/mol. The summed E-state index contributed by atoms with van der Waals surface area (Å²) < 4.78 is 7.12. The van der Waals surface area contributed by atoms with E-state index in [1.165, 1.54) is 0 Å². The third-order valence-electron chi connectivity index (χ3n) is 4.03. The fraction of sp³-hybridized carbons (Fsp3) is 0.529. The number of nitrogen functional groups attached to an aromatic ring is 1. The summed E-state index contributed by atoms with van der Waals surface area (Å²) in [5.74, 6) is 0. The monoisotopic (exact) mass is 331 g/mol. The van der Waals surface area contributed by atoms with E-state index in [0.29, 0.717) is 6.54 Å². The Hall–Kier alpha value is -2.44. The number of nitrogens with one attached hydrogen (secondary N) is 1. The van der Waals surface area contributed by atoms with E-state index < -0.39 is 5.60 Å². The number of carbonyl (C=O) groups excluding carboxylic acids is 1. The normalized spacial score (nSPS) is 18.2. The maximum atomic E-state index is 12.0. The van der Waals surface area contributed by atoms with Gasteiger partial charge in [-0.25, -0.2) is 4.79 Å². The summed E-state index contributed by atoms with van der Waals surface area (Å²) in [5, 5.41) is 8.42. The SMILES string of the molecule is Cn1cc2c(N3CC[C@@H](NC(=O)OC(C)(C)C)C3)c(N)ccc2n1. The van der Waals surface area contributed by atoms with Crippen LogP contribution in [-0.2, 0) is 11.8 Å². The highest BCUT2D eigenvalue weighted by Gasteiger charge is 2.28. The van der Waals surface area contributed by atoms with E-state index in [9.17, 15) is 4.79 Å². The van der Waals surface area contributed by atoms with Crippen LogP contribution in [0.4, 0.5) is 16.2 Å². The molecule has 2 heterocycles. The van der Waals surface area contributed by atoms with E-state index in [0.717, 1.165) is 35.2 Å². The number of ether oxygens (including phenoxy) is 1. The van der Waals surface area contributed by atoms with Crippen molar-refractivity contribution in [3.63, 3.8) is 0 Å². The van der Waals surface area contributed by atoms with Crippen LogP contribution in [0.25, 0.3) is 10.9 Å². The zero-order chi connectivity index (χ0) is 17.5. The van der Waals surface area contributed by atoms with E-state index in [1.807, 2.05) is 46.1 Å². The minimum absolute atomic E-state index is 0.0474. The molecule has 0 unspecified atom stereocenters. The lowest BCUT2D eigenvalue weighted by Crippen LogP contribution is -2.40. The van der Waals surface area contributed by atoms with Gasteiger partial charge in [-0.3, -0.25) is 4.68 Å². The Morgan fingerprint density at radius 1 is 1.42 bits per heavy atom. The number of nitrogens with zero attached hydrogens (tertiary/aromatic N) is 3. The van der Waals surface area contributed by atoms with Crippen LogP contribution in [0.5, 0.6) is 0 Å². The van der Waals surface area contributed by atoms with Crippen molar-refractivity contribution < 1.29 is 9.53 Å². The molecule has 7 nitrogen and oxygen atoms in total. The van der Waals surface area contributed by atoms with Gasteiger partial charge < -0.3 is 20.7 Å². The molecule has 1 saturated heterocycles. The molecule has 1 aromatic heterocycles. The van der Waals surface area contributed by atoms with Gasteiger partial charge in [0.15, 0.2) is 0 Å². The summed E-state index contributed by atoms with van der Waals surface area (Å²) in [7, 11) is 1.90. The van der Waals surface area contributed by atoms with E-state index in [-0.39, 0.29) is 12.1 Å². The van der Waals surface area contributed by atoms with Gasteiger partial charge in [0.05, 0.1) is 22.9 Å². The Bertz CT molecular complexity index is 762. The van der Waals surface area contributed by atoms with Crippen molar-refractivity contribution >= 4 is 28.4 Å². The molecule has 1 aliphatic heterocycles. The number of rotatable bonds is 2. The van der Waals surface area contributed by atoms with Crippen molar-refractivity contribution in [2.75, 3.05) is 23.7 Å². The number of carbonyl (C=O) groups is 1. The van der Waals surface area contributed by atoms with Gasteiger partial charge in [0.25, 0.3) is 0 Å². The first-order chi connectivity index (χ1) is 11.2. The van der Waals surface area contributed by atoms with E-state index in [1.54, 1.807) is 4.68 Å². The molecule has 1 atom stereocenters. The van der Waals surface area contributed by atoms with Gasteiger partial charge in [-0.2, -0.15) is 5.10 Å². The lowest BCUT2D eigenvalue weighted by atomic mass is 10.1. The molecule has 0 aliphatic carbocycles. The maximum absolute atomic E-state index is 12.0. The number of anilines is 2. The van der Waals surface area contributed by atoms with Crippen LogP contribution in [0.3, 0.4) is 0 Å². The topological polar surface area (TPSA) is 85.4 Å². The van der Waals surface area contributed by atoms with Crippen LogP contribution >= 0.6 is 0 Å². The van der Waals surface area contributed by atoms with Gasteiger partial charge in [0.2, 0.25) is 0 Å². The Kier molecular flexibility index (Phi) is 4.03. The lowest BCUT2D eigenvalue weighted by molar-refractivity contribution is 0.0509. The summed E-state index contributed by atoms with van der Waals surface area (Å²) in [5.41, 5.74) is 8.37. The third kappa shape index (κ3) is 3.39. The molecule has 1 fully saturated rings. The lowest BCUT2D eigenvalue weighted by Gasteiger charge is -2.23. The first-order valence-electron chi connectivity index (χ1n) is 8.19. The second-order valence-electron chi connectivity index (χ2n) is 7.32. The minimum Gasteiger partial charge on any atom is -0.444 e. The molecule has 1 amide bonds. The van der Waals surface area contributed by atoms with Crippen LogP contribution in [-0.4, -0.2) is 40.6 Å². The van der Waals surface area contributed by atoms with Gasteiger partial charge in [-0.05, 0) is 39.3 Å². The zero-order valence-corrected chi connectivity index (χ0v) is 14.7. The van der Waals surface area contributed by atoms with Crippen LogP contribution < -0.4 is 16.0 Å². The second-order valence-corrected chi connectivity index (χ2v) is 7.32. The van der Waals surface area contributed by atoms with Crippen LogP contribution in [0.15, 0.2) is 18.3 Å². The fourth-order valence-electron chi connectivity index (χ4n) is 3.12. The van der Waals surface area contributed by atoms with Crippen molar-refractivity contribution in [3.05, 3.63) is 18.3 Å². The van der Waals surface area contributed by atoms with Gasteiger partial charge in [-0.1, -0.05) is 0 Å². The van der Waals surface area contributed by atoms with E-state index in [2.05, 4.69) is 15.3 Å². The van der Waals surface area contributed by atoms with Crippen molar-refractivity contribution in [2.24, 2.45) is 7.05 Å². The molecule has 0 saturated carbocycles. The highest BCUT2D eigenvalue weighted by Crippen LogP contribution is 2.34. The largest absolute Gasteiger partial charge is 0.444 e. The van der Waals surface area contributed by atoms with Gasteiger partial charge in [-0.15, -0.1) is 0 Å². The number of aromatic nitrogens is 2. The van der Waals surface area contributed by atoms with Crippen LogP contribution in [0.2, 0.25) is 0 Å². The van der Waals surface area contributed by atoms with Gasteiger partial charge in [0, 0.05) is 31.7 Å². The first kappa shape index (κ1) is 16.4. The molecule has 1 aliphatic rings. The molecular weight excluding hydrogens is 306 g/mol. The molecule has 1 aromatic carbocycles. The first-order valence-corrected chi connectivity index (χ1v) is 8.19. The summed E-state index contributed by atoms with van der Waals surface area (Å²) >= 11 is 0. The molecule has 0 spiro atoms. The number of alkyl carbamates (subject to hydrolysis) is 1. The standard InChI is InChI=1S/C17H25N5O2/c1-17(2,3)24-16(23)19-11-7-8-22(9-11)15-12-10-21(4)20-14(12)6-5-13(15)18/h5-6,10-11H,7-9,18H2,1-4H3,(H,19,23)/t11-/m1/s1. The molecule has 3 rings (SSSR count). The third-order valence-corrected chi connectivity index (χ3v) is 4.03. The number of hydrogen-bond acceptors (Lipinski definition) is 5. The van der Waals surface area contributed by atoms with E-state index >= 15 is 0 Å². The Morgan fingerprint density at radius 3 is 2.88 bits per heavy atom. The summed E-state index contributed by atoms with van der Waals surface area (Å²) in [4.78, 5) is 14.2. The van der Waals surface area contributed by atoms with Crippen molar-refractivity contribution in [1.82, 2.24) is 15.1 Å². The van der Waals surface area contributed by atoms with Crippen molar-refractivity contribution in [1.29, 1.82) is 0 Å². The minimum atomic E-state index is -0.492. The fourth-order valence-corrected chi connectivity index (χ4v) is 3.12. The molecule has 2 aromatic rings. The highest BCUT2D eigenvalue weighted by atomic mass is 16.6. The average Bonchev–Trinajstić information content (AvgIpc) is 3.02. The smallest absolute Gasteiger partial charge is 0.407 e. The second kappa shape index (κ2) is 5.89. The zero-order valence-electron chi connectivity index (χ0n) is 14.7. The molecule has 0 radical (unpaired) electrons. The Morgan fingerprint density at radius 2 is 2.17 bits per heavy atom. The molecule has 0 bridgehead atoms. The number of hydrogen-bond donors (Lipinski definition) is 2. The summed E-state index contributed by atoms with van der Waals surface area (Å²) in [6.07, 6.45) is 2.47. The molecule has 130 valence electrons. The Balaban J connectivity index is 1.74.